The van der Waals surface area contributed by atoms with Crippen LogP contribution in [-0.2, 0) is 12.8 Å². The monoisotopic (exact) mass is 306 g/mol. The van der Waals surface area contributed by atoms with Crippen molar-refractivity contribution in [3.05, 3.63) is 56.7 Å². The predicted octanol–water partition coefficient (Wildman–Crippen LogP) is 3.50. The maximum absolute atomic E-state index is 6.06. The average molecular weight is 307 g/mol. The molecule has 1 aromatic carbocycles. The molecule has 0 aliphatic carbocycles. The number of benzene rings is 1. The number of halogens is 1. The topological polar surface area (TPSA) is 29.3 Å². The van der Waals surface area contributed by atoms with Gasteiger partial charge in [0.25, 0.3) is 0 Å². The molecule has 1 atom stereocenters. The lowest BCUT2D eigenvalue weighted by Crippen LogP contribution is -2.35. The van der Waals surface area contributed by atoms with Gasteiger partial charge < -0.3 is 5.73 Å². The van der Waals surface area contributed by atoms with Gasteiger partial charge >= 0.3 is 0 Å². The van der Waals surface area contributed by atoms with E-state index in [0.717, 1.165) is 31.0 Å². The van der Waals surface area contributed by atoms with Crippen molar-refractivity contribution in [2.75, 3.05) is 19.6 Å². The van der Waals surface area contributed by atoms with Crippen LogP contribution in [0.15, 0.2) is 35.7 Å². The van der Waals surface area contributed by atoms with Crippen LogP contribution >= 0.6 is 22.9 Å². The SMILES string of the molecule is NCC(c1cc(Cl)cs1)N1CCc2ccccc2CC1. The lowest BCUT2D eigenvalue weighted by Gasteiger charge is -2.28. The third kappa shape index (κ3) is 2.91. The Labute approximate surface area is 129 Å². The van der Waals surface area contributed by atoms with Crippen LogP contribution in [0.25, 0.3) is 0 Å². The maximum Gasteiger partial charge on any atom is 0.0565 e. The number of nitrogens with two attached hydrogens (primary N) is 1. The summed E-state index contributed by atoms with van der Waals surface area (Å²) in [6, 6.07) is 11.1. The zero-order valence-corrected chi connectivity index (χ0v) is 13.0. The van der Waals surface area contributed by atoms with Gasteiger partial charge in [0.05, 0.1) is 11.1 Å². The fourth-order valence-corrected chi connectivity index (χ4v) is 4.18. The number of rotatable bonds is 3. The summed E-state index contributed by atoms with van der Waals surface area (Å²) in [5.74, 6) is 0. The molecule has 1 aliphatic rings. The lowest BCUT2D eigenvalue weighted by atomic mass is 10.0. The zero-order chi connectivity index (χ0) is 13.9. The molecule has 1 aromatic heterocycles. The molecule has 0 fully saturated rings. The molecule has 2 nitrogen and oxygen atoms in total. The van der Waals surface area contributed by atoms with Crippen molar-refractivity contribution in [2.24, 2.45) is 5.73 Å². The summed E-state index contributed by atoms with van der Waals surface area (Å²) in [5, 5.41) is 2.81. The van der Waals surface area contributed by atoms with Crippen molar-refractivity contribution in [3.8, 4) is 0 Å². The van der Waals surface area contributed by atoms with E-state index in [1.165, 1.54) is 16.0 Å². The van der Waals surface area contributed by atoms with Crippen LogP contribution in [0.4, 0.5) is 0 Å². The second-order valence-corrected chi connectivity index (χ2v) is 6.60. The van der Waals surface area contributed by atoms with E-state index in [4.69, 9.17) is 17.3 Å². The summed E-state index contributed by atoms with van der Waals surface area (Å²) >= 11 is 7.77. The van der Waals surface area contributed by atoms with Crippen LogP contribution in [-0.4, -0.2) is 24.5 Å². The third-order valence-corrected chi connectivity index (χ3v) is 5.42. The van der Waals surface area contributed by atoms with Crippen LogP contribution < -0.4 is 5.73 Å². The minimum absolute atomic E-state index is 0.293. The molecule has 20 heavy (non-hydrogen) atoms. The predicted molar refractivity (Wildman–Crippen MR) is 86.5 cm³/mol. The Kier molecular flexibility index (Phi) is 4.41. The highest BCUT2D eigenvalue weighted by atomic mass is 35.5. The van der Waals surface area contributed by atoms with Crippen molar-refractivity contribution < 1.29 is 0 Å². The molecular weight excluding hydrogens is 288 g/mol. The second kappa shape index (κ2) is 6.27. The summed E-state index contributed by atoms with van der Waals surface area (Å²) in [6.07, 6.45) is 2.21. The van der Waals surface area contributed by atoms with Crippen LogP contribution in [0, 0.1) is 0 Å². The van der Waals surface area contributed by atoms with Gasteiger partial charge in [-0.3, -0.25) is 4.90 Å². The fraction of sp³-hybridized carbons (Fsp3) is 0.375. The van der Waals surface area contributed by atoms with E-state index >= 15 is 0 Å². The number of nitrogens with zero attached hydrogens (tertiary/aromatic N) is 1. The average Bonchev–Trinajstić information content (AvgIpc) is 2.77. The van der Waals surface area contributed by atoms with E-state index in [0.29, 0.717) is 12.6 Å². The normalized spacial score (nSPS) is 17.5. The first-order valence-corrected chi connectivity index (χ1v) is 8.28. The van der Waals surface area contributed by atoms with Gasteiger partial charge in [-0.1, -0.05) is 35.9 Å². The van der Waals surface area contributed by atoms with Crippen molar-refractivity contribution in [3.63, 3.8) is 0 Å². The molecule has 2 heterocycles. The molecule has 1 aliphatic heterocycles. The first-order chi connectivity index (χ1) is 9.78. The van der Waals surface area contributed by atoms with E-state index in [1.54, 1.807) is 11.3 Å². The minimum atomic E-state index is 0.293. The van der Waals surface area contributed by atoms with Crippen molar-refractivity contribution in [2.45, 2.75) is 18.9 Å². The first kappa shape index (κ1) is 14.1. The van der Waals surface area contributed by atoms with Gasteiger partial charge in [0.1, 0.15) is 0 Å². The molecule has 0 saturated heterocycles. The van der Waals surface area contributed by atoms with E-state index < -0.39 is 0 Å². The molecule has 0 spiro atoms. The molecule has 4 heteroatoms. The number of hydrogen-bond donors (Lipinski definition) is 1. The largest absolute Gasteiger partial charge is 0.329 e. The van der Waals surface area contributed by atoms with Gasteiger partial charge in [0.2, 0.25) is 0 Å². The number of hydrogen-bond acceptors (Lipinski definition) is 3. The highest BCUT2D eigenvalue weighted by molar-refractivity contribution is 7.10. The molecule has 1 unspecified atom stereocenters. The number of thiophene rings is 1. The molecule has 2 N–H and O–H groups in total. The standard InChI is InChI=1S/C16H19ClN2S/c17-14-9-16(20-11-14)15(10-18)19-7-5-12-3-1-2-4-13(12)6-8-19/h1-4,9,11,15H,5-8,10,18H2. The Bertz CT molecular complexity index is 554. The van der Waals surface area contributed by atoms with Crippen LogP contribution in [0.2, 0.25) is 5.02 Å². The summed E-state index contributed by atoms with van der Waals surface area (Å²) in [5.41, 5.74) is 8.99. The Morgan fingerprint density at radius 1 is 1.20 bits per heavy atom. The second-order valence-electron chi connectivity index (χ2n) is 5.22. The summed E-state index contributed by atoms with van der Waals surface area (Å²) in [6.45, 7) is 2.77. The van der Waals surface area contributed by atoms with Crippen molar-refractivity contribution in [1.82, 2.24) is 4.90 Å². The van der Waals surface area contributed by atoms with E-state index in [1.807, 2.05) is 5.38 Å². The molecular formula is C16H19ClN2S. The van der Waals surface area contributed by atoms with Crippen LogP contribution in [0.5, 0.6) is 0 Å². The molecule has 0 saturated carbocycles. The summed E-state index contributed by atoms with van der Waals surface area (Å²) in [4.78, 5) is 3.78. The smallest absolute Gasteiger partial charge is 0.0565 e. The lowest BCUT2D eigenvalue weighted by molar-refractivity contribution is 0.214. The first-order valence-electron chi connectivity index (χ1n) is 7.03. The molecule has 0 bridgehead atoms. The Balaban J connectivity index is 1.78. The van der Waals surface area contributed by atoms with Gasteiger partial charge in [0, 0.05) is 29.9 Å². The van der Waals surface area contributed by atoms with E-state index in [2.05, 4.69) is 35.2 Å². The molecule has 106 valence electrons. The van der Waals surface area contributed by atoms with Crippen molar-refractivity contribution in [1.29, 1.82) is 0 Å². The van der Waals surface area contributed by atoms with Crippen LogP contribution in [0.1, 0.15) is 22.0 Å². The molecule has 3 rings (SSSR count). The zero-order valence-electron chi connectivity index (χ0n) is 11.4. The summed E-state index contributed by atoms with van der Waals surface area (Å²) in [7, 11) is 0. The number of fused-ring (bicyclic) bond motifs is 1. The van der Waals surface area contributed by atoms with Crippen molar-refractivity contribution >= 4 is 22.9 Å². The van der Waals surface area contributed by atoms with E-state index in [9.17, 15) is 0 Å². The molecule has 0 radical (unpaired) electrons. The van der Waals surface area contributed by atoms with Crippen LogP contribution in [0.3, 0.4) is 0 Å². The van der Waals surface area contributed by atoms with Gasteiger partial charge in [-0.15, -0.1) is 11.3 Å². The van der Waals surface area contributed by atoms with Gasteiger partial charge in [-0.05, 0) is 30.0 Å². The third-order valence-electron chi connectivity index (χ3n) is 4.04. The van der Waals surface area contributed by atoms with E-state index in [-0.39, 0.29) is 0 Å². The van der Waals surface area contributed by atoms with Gasteiger partial charge in [-0.25, -0.2) is 0 Å². The van der Waals surface area contributed by atoms with Gasteiger partial charge in [-0.2, -0.15) is 0 Å². The highest BCUT2D eigenvalue weighted by Crippen LogP contribution is 2.30. The Morgan fingerprint density at radius 2 is 1.85 bits per heavy atom. The quantitative estimate of drug-likeness (QED) is 0.940. The Morgan fingerprint density at radius 3 is 2.35 bits per heavy atom. The van der Waals surface area contributed by atoms with Gasteiger partial charge in [0.15, 0.2) is 0 Å². The Hall–Kier alpha value is -0.870. The fourth-order valence-electron chi connectivity index (χ4n) is 2.95. The highest BCUT2D eigenvalue weighted by Gasteiger charge is 2.23. The maximum atomic E-state index is 6.06. The summed E-state index contributed by atoms with van der Waals surface area (Å²) < 4.78 is 0. The minimum Gasteiger partial charge on any atom is -0.329 e. The molecule has 0 amide bonds. The molecule has 2 aromatic rings.